The molecule has 0 radical (unpaired) electrons. The van der Waals surface area contributed by atoms with Crippen molar-refractivity contribution in [2.24, 2.45) is 16.3 Å². The van der Waals surface area contributed by atoms with Crippen molar-refractivity contribution in [2.75, 3.05) is 0 Å². The van der Waals surface area contributed by atoms with Gasteiger partial charge in [0.1, 0.15) is 11.4 Å². The molecule has 2 atom stereocenters. The number of benzene rings is 2. The largest absolute Gasteiger partial charge is 0.305 e. The van der Waals surface area contributed by atoms with E-state index in [0.29, 0.717) is 5.71 Å². The Kier molecular flexibility index (Phi) is 7.34. The Labute approximate surface area is 208 Å². The molecule has 0 saturated heterocycles. The highest BCUT2D eigenvalue weighted by Crippen LogP contribution is 2.47. The normalized spacial score (nSPS) is 23.9. The average molecular weight is 477 g/mol. The Bertz CT molecular complexity index is 1040. The van der Waals surface area contributed by atoms with Crippen LogP contribution in [-0.4, -0.2) is 22.2 Å². The molecule has 4 rings (SSSR count). The van der Waals surface area contributed by atoms with Crippen LogP contribution >= 0.6 is 9.24 Å². The predicted octanol–water partition coefficient (Wildman–Crippen LogP) is 6.99. The fraction of sp³-hybridized carbons (Fsp3) is 0.533. The summed E-state index contributed by atoms with van der Waals surface area (Å²) >= 11 is 0. The summed E-state index contributed by atoms with van der Waals surface area (Å²) in [6.07, 6.45) is 7.41. The molecule has 1 fully saturated rings. The van der Waals surface area contributed by atoms with Gasteiger partial charge in [0, 0.05) is 5.56 Å². The zero-order chi connectivity index (χ0) is 24.5. The first-order valence-corrected chi connectivity index (χ1v) is 13.6. The van der Waals surface area contributed by atoms with Crippen molar-refractivity contribution in [2.45, 2.75) is 91.3 Å². The predicted molar refractivity (Wildman–Crippen MR) is 147 cm³/mol. The fourth-order valence-corrected chi connectivity index (χ4v) is 5.91. The Morgan fingerprint density at radius 2 is 1.79 bits per heavy atom. The van der Waals surface area contributed by atoms with Gasteiger partial charge in [0.2, 0.25) is 0 Å². The minimum atomic E-state index is -0.428. The third-order valence-corrected chi connectivity index (χ3v) is 8.13. The van der Waals surface area contributed by atoms with Crippen LogP contribution in [0.5, 0.6) is 0 Å². The van der Waals surface area contributed by atoms with E-state index in [2.05, 4.69) is 79.1 Å². The van der Waals surface area contributed by atoms with E-state index in [9.17, 15) is 4.79 Å². The monoisotopic (exact) mass is 476 g/mol. The van der Waals surface area contributed by atoms with Crippen molar-refractivity contribution in [3.63, 3.8) is 0 Å². The SMILES string of the molecule is CCC1CCC2(CC1)N=C(c1cccc(P)c1)C(=O)N2C(CCC(C)(C)C)c1ccc(C)cc1. The van der Waals surface area contributed by atoms with Crippen LogP contribution in [0.15, 0.2) is 53.5 Å². The van der Waals surface area contributed by atoms with E-state index in [0.717, 1.165) is 55.3 Å². The Morgan fingerprint density at radius 1 is 1.12 bits per heavy atom. The summed E-state index contributed by atoms with van der Waals surface area (Å²) in [5.41, 5.74) is 3.84. The molecule has 1 saturated carbocycles. The van der Waals surface area contributed by atoms with Crippen LogP contribution in [0.4, 0.5) is 0 Å². The number of rotatable bonds is 6. The summed E-state index contributed by atoms with van der Waals surface area (Å²) in [4.78, 5) is 21.8. The molecule has 1 aliphatic carbocycles. The van der Waals surface area contributed by atoms with Gasteiger partial charge in [0.25, 0.3) is 5.91 Å². The molecule has 2 aliphatic rings. The summed E-state index contributed by atoms with van der Waals surface area (Å²) in [5.74, 6) is 0.842. The molecule has 3 nitrogen and oxygen atoms in total. The van der Waals surface area contributed by atoms with Crippen molar-refractivity contribution < 1.29 is 4.79 Å². The molecular weight excluding hydrogens is 435 g/mol. The molecule has 34 heavy (non-hydrogen) atoms. The number of hydrogen-bond donors (Lipinski definition) is 0. The quantitative estimate of drug-likeness (QED) is 0.414. The number of aryl methyl sites for hydroxylation is 1. The first-order chi connectivity index (χ1) is 16.1. The van der Waals surface area contributed by atoms with Gasteiger partial charge in [-0.05, 0) is 73.7 Å². The van der Waals surface area contributed by atoms with Gasteiger partial charge in [-0.15, -0.1) is 9.24 Å². The van der Waals surface area contributed by atoms with Crippen LogP contribution in [0.25, 0.3) is 0 Å². The Balaban J connectivity index is 1.79. The lowest BCUT2D eigenvalue weighted by Crippen LogP contribution is -2.51. The number of amides is 1. The van der Waals surface area contributed by atoms with Crippen LogP contribution in [-0.2, 0) is 4.79 Å². The third kappa shape index (κ3) is 5.30. The van der Waals surface area contributed by atoms with Gasteiger partial charge in [-0.3, -0.25) is 9.79 Å². The molecule has 4 heteroatoms. The van der Waals surface area contributed by atoms with Gasteiger partial charge in [0.15, 0.2) is 0 Å². The molecule has 1 spiro atoms. The van der Waals surface area contributed by atoms with Gasteiger partial charge in [-0.25, -0.2) is 0 Å². The summed E-state index contributed by atoms with van der Waals surface area (Å²) in [7, 11) is 2.75. The first-order valence-electron chi connectivity index (χ1n) is 13.0. The summed E-state index contributed by atoms with van der Waals surface area (Å²) in [5, 5.41) is 1.08. The van der Waals surface area contributed by atoms with Crippen molar-refractivity contribution in [3.8, 4) is 0 Å². The molecule has 2 unspecified atom stereocenters. The van der Waals surface area contributed by atoms with Gasteiger partial charge >= 0.3 is 0 Å². The zero-order valence-electron chi connectivity index (χ0n) is 21.6. The summed E-state index contributed by atoms with van der Waals surface area (Å²) < 4.78 is 0. The maximum absolute atomic E-state index is 14.2. The van der Waals surface area contributed by atoms with E-state index in [1.54, 1.807) is 0 Å². The molecule has 0 N–H and O–H groups in total. The molecule has 0 bridgehead atoms. The van der Waals surface area contributed by atoms with E-state index in [1.807, 2.05) is 18.2 Å². The maximum Gasteiger partial charge on any atom is 0.275 e. The Hall–Kier alpha value is -1.99. The molecule has 0 aromatic heterocycles. The van der Waals surface area contributed by atoms with Gasteiger partial charge in [-0.2, -0.15) is 0 Å². The maximum atomic E-state index is 14.2. The topological polar surface area (TPSA) is 32.7 Å². The van der Waals surface area contributed by atoms with Crippen molar-refractivity contribution in [3.05, 3.63) is 65.2 Å². The molecule has 1 heterocycles. The lowest BCUT2D eigenvalue weighted by molar-refractivity contribution is -0.133. The van der Waals surface area contributed by atoms with Gasteiger partial charge in [-0.1, -0.05) is 82.1 Å². The van der Waals surface area contributed by atoms with Crippen LogP contribution < -0.4 is 5.30 Å². The summed E-state index contributed by atoms with van der Waals surface area (Å²) in [6, 6.07) is 17.0. The second-order valence-electron chi connectivity index (χ2n) is 11.6. The zero-order valence-corrected chi connectivity index (χ0v) is 22.8. The van der Waals surface area contributed by atoms with Crippen LogP contribution in [0, 0.1) is 18.3 Å². The van der Waals surface area contributed by atoms with Crippen LogP contribution in [0.2, 0.25) is 0 Å². The van der Waals surface area contributed by atoms with E-state index < -0.39 is 5.66 Å². The Morgan fingerprint density at radius 3 is 2.38 bits per heavy atom. The fourth-order valence-electron chi connectivity index (χ4n) is 5.62. The smallest absolute Gasteiger partial charge is 0.275 e. The molecule has 182 valence electrons. The molecule has 1 amide bonds. The van der Waals surface area contributed by atoms with Crippen molar-refractivity contribution >= 4 is 26.2 Å². The lowest BCUT2D eigenvalue weighted by atomic mass is 9.78. The van der Waals surface area contributed by atoms with Gasteiger partial charge in [0.05, 0.1) is 6.04 Å². The minimum Gasteiger partial charge on any atom is -0.305 e. The number of nitrogens with zero attached hydrogens (tertiary/aromatic N) is 2. The van der Waals surface area contributed by atoms with Crippen molar-refractivity contribution in [1.82, 2.24) is 4.90 Å². The van der Waals surface area contributed by atoms with E-state index in [4.69, 9.17) is 4.99 Å². The number of carbonyl (C=O) groups excluding carboxylic acids is 1. The van der Waals surface area contributed by atoms with Crippen LogP contribution in [0.1, 0.15) is 95.4 Å². The third-order valence-electron chi connectivity index (χ3n) is 7.77. The number of aliphatic imine (C=N–C) groups is 1. The average Bonchev–Trinajstić information content (AvgIpc) is 3.07. The highest BCUT2D eigenvalue weighted by Gasteiger charge is 2.51. The second kappa shape index (κ2) is 9.94. The lowest BCUT2D eigenvalue weighted by Gasteiger charge is -2.45. The second-order valence-corrected chi connectivity index (χ2v) is 12.3. The first kappa shape index (κ1) is 25.1. The minimum absolute atomic E-state index is 0.0333. The van der Waals surface area contributed by atoms with Crippen LogP contribution in [0.3, 0.4) is 0 Å². The highest BCUT2D eigenvalue weighted by molar-refractivity contribution is 7.27. The standard InChI is InChI=1S/C30H41N2OP/c1-6-22-14-18-30(19-15-22)31-27(24-8-7-9-25(34)20-24)28(33)32(30)26(16-17-29(3,4)5)23-12-10-21(2)11-13-23/h7-13,20,22,26H,6,14-19,34H2,1-5H3. The van der Waals surface area contributed by atoms with E-state index >= 15 is 0 Å². The molecule has 2 aromatic carbocycles. The van der Waals surface area contributed by atoms with E-state index in [-0.39, 0.29) is 17.4 Å². The van der Waals surface area contributed by atoms with Gasteiger partial charge < -0.3 is 4.90 Å². The summed E-state index contributed by atoms with van der Waals surface area (Å²) in [6.45, 7) is 11.3. The highest BCUT2D eigenvalue weighted by atomic mass is 31.0. The number of hydrogen-bond acceptors (Lipinski definition) is 2. The molecule has 1 aliphatic heterocycles. The molecular formula is C30H41N2OP. The number of carbonyl (C=O) groups is 1. The van der Waals surface area contributed by atoms with E-state index in [1.165, 1.54) is 17.5 Å². The molecule has 2 aromatic rings. The van der Waals surface area contributed by atoms with Crippen molar-refractivity contribution in [1.29, 1.82) is 0 Å².